The van der Waals surface area contributed by atoms with E-state index in [2.05, 4.69) is 58.5 Å². The van der Waals surface area contributed by atoms with E-state index in [1.165, 1.54) is 23.9 Å². The fraction of sp³-hybridized carbons (Fsp3) is 0.704. The van der Waals surface area contributed by atoms with E-state index < -0.39 is 83.9 Å². The number of cyclic esters (lactones) is 1. The van der Waals surface area contributed by atoms with Crippen molar-refractivity contribution in [3.05, 3.63) is 89.6 Å². The molecule has 4 fully saturated rings. The van der Waals surface area contributed by atoms with Crippen molar-refractivity contribution in [1.29, 1.82) is 0 Å². The highest BCUT2D eigenvalue weighted by Crippen LogP contribution is 2.42. The molecule has 2 amide bonds. The number of nitrogen functional groups attached to an aromatic ring is 1. The lowest BCUT2D eigenvalue weighted by atomic mass is 9.78. The number of nitrogens with one attached hydrogen (secondary N) is 2. The van der Waals surface area contributed by atoms with Crippen LogP contribution in [0.25, 0.3) is 27.8 Å². The first kappa shape index (κ1) is 108. The molecule has 6 N–H and O–H groups in total. The van der Waals surface area contributed by atoms with Gasteiger partial charge in [-0.1, -0.05) is 96.2 Å². The summed E-state index contributed by atoms with van der Waals surface area (Å²) in [6.07, 6.45) is 19.6. The molecule has 129 heavy (non-hydrogen) atoms. The zero-order chi connectivity index (χ0) is 94.0. The summed E-state index contributed by atoms with van der Waals surface area (Å²) in [5.41, 5.74) is 12.3. The third kappa shape index (κ3) is 34.0. The number of para-hydroxylation sites is 1. The van der Waals surface area contributed by atoms with Gasteiger partial charge >= 0.3 is 11.9 Å². The van der Waals surface area contributed by atoms with Crippen molar-refractivity contribution >= 4 is 69.1 Å². The maximum Gasteiger partial charge on any atom is 0.329 e. The van der Waals surface area contributed by atoms with Crippen LogP contribution in [0.5, 0.6) is 0 Å². The molecule has 2 saturated heterocycles. The van der Waals surface area contributed by atoms with Gasteiger partial charge in [0, 0.05) is 147 Å². The first-order valence-electron chi connectivity index (χ1n) is 47.1. The Kier molecular flexibility index (Phi) is 48.2. The van der Waals surface area contributed by atoms with Crippen LogP contribution in [-0.4, -0.2) is 269 Å². The summed E-state index contributed by atoms with van der Waals surface area (Å²) in [7, 11) is 6.11. The fourth-order valence-corrected chi connectivity index (χ4v) is 17.6. The number of allylic oxidation sites excluding steroid dienone is 6. The number of aromatic nitrogens is 5. The molecule has 2 bridgehead atoms. The summed E-state index contributed by atoms with van der Waals surface area (Å²) >= 11 is 0. The Balaban J connectivity index is 0.000000325. The Hall–Kier alpha value is -7.89. The number of fused-ring (bicyclic) bond motifs is 5. The molecule has 0 spiro atoms. The lowest BCUT2D eigenvalue weighted by molar-refractivity contribution is -0.265. The van der Waals surface area contributed by atoms with Gasteiger partial charge in [0.15, 0.2) is 11.6 Å². The number of ketones is 4. The van der Waals surface area contributed by atoms with Gasteiger partial charge in [0.25, 0.3) is 11.7 Å². The normalized spacial score (nSPS) is 27.8. The summed E-state index contributed by atoms with van der Waals surface area (Å²) in [4.78, 5) is 122. The molecule has 3 aliphatic heterocycles. The topological polar surface area (TPSA) is 397 Å². The number of aryl methyl sites for hydroxylation is 1. The number of carbonyl (C=O) groups is 8. The van der Waals surface area contributed by atoms with E-state index in [-0.39, 0.29) is 84.9 Å². The smallest absolute Gasteiger partial charge is 0.329 e. The number of aliphatic hydroxyl groups excluding tert-OH is 1. The number of benzene rings is 1. The van der Waals surface area contributed by atoms with E-state index in [1.807, 2.05) is 76.4 Å². The molecular formula is C98H152N8O23. The van der Waals surface area contributed by atoms with Gasteiger partial charge in [-0.25, -0.2) is 19.3 Å². The standard InChI is InChI=1S/C56H87NO15.C26H32N6O2.C16H33NO6/c1-34-18-13-12-14-19-35(2)46(67-9)32-42-24-22-40(7)56(65,72-42)53(62)54(63)57-26-16-15-20-43(57)55(64)71-47(33-44(58)36(3)29-39(6)51(61)52(69-11)50(60)38(5)28-34)37(4)30-41-23-25-45(48(31-41)68-10)70-49(59)21-17-27-66-8;1-3-34-13-5-8-21(33)17-9-11-18(12-10-17)26-31-23(24-25(27)28-15-29-32(24)26)20-14-19-7-4-6-16(2)22(19)30-20;1-3-7-20-10-12-22-14-15-23-13-11-21-8-5-16(18)17-6-9-19-4-2/h12-14,18-19,29,34,36-38,40-43,45-48,51-52,61,65H,15-17,20-28,30-33H2,1-11H3;4,6-7,14-15,17-18,30H,3,5,8-13H2,1-2H3,(H2,27,28,29);3-15H2,1-2H3,(H,17,18)/b14-12+,18-13+,35-19+,39-29+;;/t34-,36-,37-,38-,40-,41+,42+,43+,45-,46+,47+,48-,51-,52+,56-;;/m1../s1. The molecule has 2 aliphatic carbocycles. The number of hydrogen-bond donors (Lipinski definition) is 5. The molecule has 722 valence electrons. The summed E-state index contributed by atoms with van der Waals surface area (Å²) in [5, 5.41) is 31.9. The number of rotatable bonds is 37. The minimum Gasteiger partial charge on any atom is -0.460 e. The summed E-state index contributed by atoms with van der Waals surface area (Å²) in [6, 6.07) is 7.18. The van der Waals surface area contributed by atoms with E-state index in [0.29, 0.717) is 186 Å². The number of anilines is 1. The number of carbonyl (C=O) groups excluding carboxylic acids is 8. The average molecular weight is 1810 g/mol. The third-order valence-electron chi connectivity index (χ3n) is 25.2. The minimum absolute atomic E-state index is 0.00669. The Labute approximate surface area is 763 Å². The number of nitrogens with two attached hydrogens (primary N) is 1. The number of aliphatic hydroxyl groups is 2. The van der Waals surface area contributed by atoms with Crippen molar-refractivity contribution in [3.63, 3.8) is 0 Å². The van der Waals surface area contributed by atoms with Crippen LogP contribution in [0.3, 0.4) is 0 Å². The Bertz CT molecular complexity index is 4230. The number of imidazole rings is 1. The molecule has 31 heteroatoms. The van der Waals surface area contributed by atoms with Crippen molar-refractivity contribution in [3.8, 4) is 11.4 Å². The molecule has 6 heterocycles. The second-order valence-electron chi connectivity index (χ2n) is 35.2. The number of esters is 2. The Morgan fingerprint density at radius 3 is 2.10 bits per heavy atom. The van der Waals surface area contributed by atoms with Gasteiger partial charge < -0.3 is 92.7 Å². The molecule has 9 rings (SSSR count). The molecule has 31 nitrogen and oxygen atoms in total. The zero-order valence-corrected chi connectivity index (χ0v) is 79.5. The lowest BCUT2D eigenvalue weighted by Crippen LogP contribution is -2.61. The van der Waals surface area contributed by atoms with E-state index >= 15 is 0 Å². The van der Waals surface area contributed by atoms with Gasteiger partial charge in [-0.05, 0) is 184 Å². The van der Waals surface area contributed by atoms with Crippen LogP contribution in [0.4, 0.5) is 5.82 Å². The average Bonchev–Trinajstić information content (AvgIpc) is 1.34. The van der Waals surface area contributed by atoms with Crippen LogP contribution in [0.15, 0.2) is 78.2 Å². The monoisotopic (exact) mass is 1810 g/mol. The van der Waals surface area contributed by atoms with E-state index in [4.69, 9.17) is 72.3 Å². The van der Waals surface area contributed by atoms with Crippen LogP contribution < -0.4 is 11.1 Å². The maximum absolute atomic E-state index is 14.5. The third-order valence-corrected chi connectivity index (χ3v) is 25.2. The van der Waals surface area contributed by atoms with Crippen LogP contribution in [0.1, 0.15) is 228 Å². The van der Waals surface area contributed by atoms with Gasteiger partial charge in [0.2, 0.25) is 11.7 Å². The van der Waals surface area contributed by atoms with Gasteiger partial charge in [-0.2, -0.15) is 5.10 Å². The van der Waals surface area contributed by atoms with Crippen molar-refractivity contribution in [1.82, 2.24) is 34.8 Å². The SMILES string of the molecule is CCCOCCOCCOCCOCCC(=O)NCCOCC.CCOCCCC(=O)C1CCC(c2nc(-c3cc4cccc(C)c4[nH]3)c3c(N)ncnn23)CC1.COCCCC(=O)O[C@@H]1CC[C@@H](C[C@@H](C)[C@@H]2CC(=O)[C@H](C)/C=C(\C)[C@@H](O)[C@@H](OC)C(=O)[C@H](C)C[C@H](C)/C=C/C=C/C=C(\C)[C@@H](OC)C[C@@H]3CC[C@@H](C)[C@@](O)(O3)C(=O)C(=O)N3CCCC[C@H]3C(=O)O2)C[C@H]1OC. The number of amides is 2. The summed E-state index contributed by atoms with van der Waals surface area (Å²) in [5.74, 6) is -6.52. The summed E-state index contributed by atoms with van der Waals surface area (Å²) < 4.78 is 74.3. The minimum atomic E-state index is -2.45. The van der Waals surface area contributed by atoms with Gasteiger partial charge in [-0.15, -0.1) is 0 Å². The van der Waals surface area contributed by atoms with Crippen LogP contribution in [-0.2, 0) is 99.9 Å². The van der Waals surface area contributed by atoms with E-state index in [9.17, 15) is 48.6 Å². The fourth-order valence-electron chi connectivity index (χ4n) is 17.6. The predicted octanol–water partition coefficient (Wildman–Crippen LogP) is 13.0. The highest BCUT2D eigenvalue weighted by molar-refractivity contribution is 6.39. The largest absolute Gasteiger partial charge is 0.460 e. The molecule has 4 aromatic rings. The zero-order valence-electron chi connectivity index (χ0n) is 79.5. The molecule has 5 aliphatic rings. The second kappa shape index (κ2) is 57.5. The number of aromatic amines is 1. The number of hydrogen-bond acceptors (Lipinski definition) is 27. The summed E-state index contributed by atoms with van der Waals surface area (Å²) in [6.45, 7) is 28.8. The highest BCUT2D eigenvalue weighted by Gasteiger charge is 2.53. The van der Waals surface area contributed by atoms with Gasteiger partial charge in [0.05, 0.1) is 76.9 Å². The van der Waals surface area contributed by atoms with Crippen molar-refractivity contribution in [2.45, 2.75) is 278 Å². The van der Waals surface area contributed by atoms with Crippen LogP contribution in [0, 0.1) is 48.3 Å². The van der Waals surface area contributed by atoms with E-state index in [1.54, 1.807) is 48.2 Å². The molecular weight excluding hydrogens is 1660 g/mol. The molecule has 0 unspecified atom stereocenters. The number of piperidine rings is 1. The first-order valence-corrected chi connectivity index (χ1v) is 47.1. The van der Waals surface area contributed by atoms with E-state index in [0.717, 1.165) is 84.3 Å². The van der Waals surface area contributed by atoms with Crippen molar-refractivity contribution in [2.75, 3.05) is 133 Å². The molecule has 1 aromatic carbocycles. The van der Waals surface area contributed by atoms with Crippen molar-refractivity contribution in [2.24, 2.45) is 41.4 Å². The quantitative estimate of drug-likeness (QED) is 0.0121. The Morgan fingerprint density at radius 2 is 1.43 bits per heavy atom. The van der Waals surface area contributed by atoms with Crippen molar-refractivity contribution < 1.29 is 110 Å². The van der Waals surface area contributed by atoms with Crippen LogP contribution >= 0.6 is 0 Å². The van der Waals surface area contributed by atoms with Crippen LogP contribution in [0.2, 0.25) is 0 Å². The molecule has 15 atom stereocenters. The molecule has 0 radical (unpaired) electrons. The Morgan fingerprint density at radius 1 is 0.729 bits per heavy atom. The maximum atomic E-state index is 14.5. The number of H-pyrrole nitrogens is 1. The number of Topliss-reactive ketones (excluding diaryl/α,β-unsaturated/α-hetero) is 4. The number of methoxy groups -OCH3 is 4. The van der Waals surface area contributed by atoms with Gasteiger partial charge in [0.1, 0.15) is 65.4 Å². The first-order chi connectivity index (χ1) is 62.1. The lowest BCUT2D eigenvalue weighted by Gasteiger charge is -2.42. The number of nitrogens with zero attached hydrogens (tertiary/aromatic N) is 5. The number of ether oxygens (including phenoxy) is 13. The highest BCUT2D eigenvalue weighted by atomic mass is 16.6. The van der Waals surface area contributed by atoms with Gasteiger partial charge in [-0.3, -0.25) is 33.6 Å². The predicted molar refractivity (Wildman–Crippen MR) is 490 cm³/mol. The molecule has 3 aromatic heterocycles. The second-order valence-corrected chi connectivity index (χ2v) is 35.2. The molecule has 2 saturated carbocycles.